The average Bonchev–Trinajstić information content (AvgIpc) is 3.39. The topological polar surface area (TPSA) is 91.5 Å². The standard InChI is InChI=1S/C22H19FN4O4/c1-13-19(27-31-26-13)10-24-9-16-6-15-7-20-21(30-12-29-20)8-18(15)25-22(16)28-11-14-3-2-4-17(23)5-14/h2-8,24H,9-12H2,1H3. The van der Waals surface area contributed by atoms with Crippen molar-refractivity contribution in [1.82, 2.24) is 20.6 Å². The molecule has 0 saturated carbocycles. The van der Waals surface area contributed by atoms with Gasteiger partial charge >= 0.3 is 0 Å². The highest BCUT2D eigenvalue weighted by Crippen LogP contribution is 2.37. The Labute approximate surface area is 176 Å². The van der Waals surface area contributed by atoms with Crippen LogP contribution in [0.5, 0.6) is 17.4 Å². The highest BCUT2D eigenvalue weighted by molar-refractivity contribution is 5.84. The first kappa shape index (κ1) is 19.3. The summed E-state index contributed by atoms with van der Waals surface area (Å²) in [6, 6.07) is 12.0. The van der Waals surface area contributed by atoms with Crippen LogP contribution in [0, 0.1) is 12.7 Å². The summed E-state index contributed by atoms with van der Waals surface area (Å²) in [6.07, 6.45) is 0. The van der Waals surface area contributed by atoms with Crippen molar-refractivity contribution in [3.05, 3.63) is 70.8 Å². The molecular formula is C22H19FN4O4. The number of nitrogens with zero attached hydrogens (tertiary/aromatic N) is 3. The summed E-state index contributed by atoms with van der Waals surface area (Å²) in [7, 11) is 0. The lowest BCUT2D eigenvalue weighted by atomic mass is 10.1. The minimum absolute atomic E-state index is 0.189. The average molecular weight is 422 g/mol. The molecule has 1 aliphatic heterocycles. The normalized spacial score (nSPS) is 12.5. The van der Waals surface area contributed by atoms with Crippen molar-refractivity contribution in [2.24, 2.45) is 0 Å². The molecule has 0 amide bonds. The van der Waals surface area contributed by atoms with Crippen LogP contribution in [-0.4, -0.2) is 22.1 Å². The van der Waals surface area contributed by atoms with Crippen LogP contribution in [0.4, 0.5) is 4.39 Å². The highest BCUT2D eigenvalue weighted by atomic mass is 19.1. The maximum Gasteiger partial charge on any atom is 0.231 e. The number of fused-ring (bicyclic) bond motifs is 2. The van der Waals surface area contributed by atoms with Crippen molar-refractivity contribution in [3.8, 4) is 17.4 Å². The van der Waals surface area contributed by atoms with Gasteiger partial charge in [0, 0.05) is 30.1 Å². The Bertz CT molecular complexity index is 1240. The predicted molar refractivity (Wildman–Crippen MR) is 108 cm³/mol. The van der Waals surface area contributed by atoms with Gasteiger partial charge in [-0.2, -0.15) is 0 Å². The molecule has 158 valence electrons. The number of rotatable bonds is 7. The number of halogens is 1. The smallest absolute Gasteiger partial charge is 0.231 e. The number of aryl methyl sites for hydroxylation is 1. The number of benzene rings is 2. The van der Waals surface area contributed by atoms with Crippen LogP contribution in [0.3, 0.4) is 0 Å². The summed E-state index contributed by atoms with van der Waals surface area (Å²) in [5.41, 5.74) is 3.75. The van der Waals surface area contributed by atoms with E-state index in [1.54, 1.807) is 12.1 Å². The number of hydrogen-bond donors (Lipinski definition) is 1. The Morgan fingerprint density at radius 2 is 1.94 bits per heavy atom. The summed E-state index contributed by atoms with van der Waals surface area (Å²) in [6.45, 7) is 3.18. The summed E-state index contributed by atoms with van der Waals surface area (Å²) >= 11 is 0. The van der Waals surface area contributed by atoms with Gasteiger partial charge < -0.3 is 19.5 Å². The third-order valence-corrected chi connectivity index (χ3v) is 4.97. The van der Waals surface area contributed by atoms with E-state index in [1.165, 1.54) is 12.1 Å². The zero-order valence-corrected chi connectivity index (χ0v) is 16.7. The molecule has 9 heteroatoms. The first-order valence-corrected chi connectivity index (χ1v) is 9.75. The molecule has 0 spiro atoms. The van der Waals surface area contributed by atoms with Gasteiger partial charge in [-0.3, -0.25) is 0 Å². The van der Waals surface area contributed by atoms with E-state index in [0.717, 1.165) is 33.4 Å². The number of nitrogens with one attached hydrogen (secondary N) is 1. The van der Waals surface area contributed by atoms with E-state index < -0.39 is 0 Å². The second-order valence-corrected chi connectivity index (χ2v) is 7.17. The van der Waals surface area contributed by atoms with Crippen molar-refractivity contribution in [1.29, 1.82) is 0 Å². The van der Waals surface area contributed by atoms with Crippen LogP contribution >= 0.6 is 0 Å². The summed E-state index contributed by atoms with van der Waals surface area (Å²) in [5, 5.41) is 11.9. The molecule has 3 heterocycles. The van der Waals surface area contributed by atoms with E-state index in [9.17, 15) is 4.39 Å². The predicted octanol–water partition coefficient (Wildman–Crippen LogP) is 3.66. The van der Waals surface area contributed by atoms with Gasteiger partial charge in [0.2, 0.25) is 12.7 Å². The number of aromatic nitrogens is 3. The molecule has 1 N–H and O–H groups in total. The SMILES string of the molecule is Cc1nonc1CNCc1cc2cc3c(cc2nc1OCc1cccc(F)c1)OCO3. The van der Waals surface area contributed by atoms with E-state index in [-0.39, 0.29) is 19.2 Å². The molecule has 0 radical (unpaired) electrons. The highest BCUT2D eigenvalue weighted by Gasteiger charge is 2.17. The summed E-state index contributed by atoms with van der Waals surface area (Å²) < 4.78 is 35.2. The number of ether oxygens (including phenoxy) is 3. The van der Waals surface area contributed by atoms with Crippen LogP contribution in [-0.2, 0) is 19.7 Å². The molecule has 0 aliphatic carbocycles. The van der Waals surface area contributed by atoms with E-state index in [1.807, 2.05) is 25.1 Å². The molecule has 4 aromatic rings. The zero-order valence-electron chi connectivity index (χ0n) is 16.7. The molecule has 2 aromatic heterocycles. The molecule has 1 aliphatic rings. The maximum absolute atomic E-state index is 13.5. The van der Waals surface area contributed by atoms with Gasteiger partial charge in [0.25, 0.3) is 0 Å². The molecule has 2 aromatic carbocycles. The van der Waals surface area contributed by atoms with Gasteiger partial charge in [0.1, 0.15) is 23.8 Å². The second kappa shape index (κ2) is 8.19. The Kier molecular flexibility index (Phi) is 5.09. The molecule has 0 atom stereocenters. The van der Waals surface area contributed by atoms with E-state index in [0.29, 0.717) is 30.5 Å². The molecule has 31 heavy (non-hydrogen) atoms. The molecule has 0 fully saturated rings. The van der Waals surface area contributed by atoms with Crippen molar-refractivity contribution in [2.75, 3.05) is 6.79 Å². The van der Waals surface area contributed by atoms with Crippen molar-refractivity contribution < 1.29 is 23.2 Å². The van der Waals surface area contributed by atoms with Gasteiger partial charge in [-0.25, -0.2) is 14.0 Å². The van der Waals surface area contributed by atoms with Gasteiger partial charge in [-0.05, 0) is 36.8 Å². The molecule has 0 unspecified atom stereocenters. The molecular weight excluding hydrogens is 403 g/mol. The van der Waals surface area contributed by atoms with Gasteiger partial charge in [0.15, 0.2) is 11.5 Å². The summed E-state index contributed by atoms with van der Waals surface area (Å²) in [5.74, 6) is 1.48. The lowest BCUT2D eigenvalue weighted by molar-refractivity contribution is 0.174. The molecule has 8 nitrogen and oxygen atoms in total. The minimum Gasteiger partial charge on any atom is -0.473 e. The maximum atomic E-state index is 13.5. The Hall–Kier alpha value is -3.72. The summed E-state index contributed by atoms with van der Waals surface area (Å²) in [4.78, 5) is 4.69. The Balaban J connectivity index is 1.42. The van der Waals surface area contributed by atoms with Crippen molar-refractivity contribution in [3.63, 3.8) is 0 Å². The lowest BCUT2D eigenvalue weighted by Gasteiger charge is -2.13. The molecule has 0 saturated heterocycles. The third-order valence-electron chi connectivity index (χ3n) is 4.97. The minimum atomic E-state index is -0.307. The van der Waals surface area contributed by atoms with Gasteiger partial charge in [0.05, 0.1) is 5.52 Å². The Morgan fingerprint density at radius 3 is 2.74 bits per heavy atom. The van der Waals surface area contributed by atoms with Gasteiger partial charge in [-0.1, -0.05) is 22.4 Å². The van der Waals surface area contributed by atoms with Gasteiger partial charge in [-0.15, -0.1) is 0 Å². The quantitative estimate of drug-likeness (QED) is 0.483. The van der Waals surface area contributed by atoms with E-state index in [4.69, 9.17) is 18.8 Å². The number of pyridine rings is 1. The third kappa shape index (κ3) is 4.13. The van der Waals surface area contributed by atoms with Crippen LogP contribution in [0.15, 0.2) is 47.1 Å². The van der Waals surface area contributed by atoms with Crippen LogP contribution in [0.25, 0.3) is 10.9 Å². The molecule has 0 bridgehead atoms. The first-order valence-electron chi connectivity index (χ1n) is 9.75. The van der Waals surface area contributed by atoms with E-state index >= 15 is 0 Å². The fourth-order valence-electron chi connectivity index (χ4n) is 3.35. The van der Waals surface area contributed by atoms with E-state index in [2.05, 4.69) is 20.6 Å². The van der Waals surface area contributed by atoms with Crippen LogP contribution in [0.2, 0.25) is 0 Å². The number of hydrogen-bond acceptors (Lipinski definition) is 8. The van der Waals surface area contributed by atoms with Crippen LogP contribution in [0.1, 0.15) is 22.5 Å². The Morgan fingerprint density at radius 1 is 1.06 bits per heavy atom. The zero-order chi connectivity index (χ0) is 21.2. The lowest BCUT2D eigenvalue weighted by Crippen LogP contribution is -2.15. The molecule has 5 rings (SSSR count). The first-order chi connectivity index (χ1) is 15.2. The fraction of sp³-hybridized carbons (Fsp3) is 0.227. The van der Waals surface area contributed by atoms with Crippen molar-refractivity contribution >= 4 is 10.9 Å². The second-order valence-electron chi connectivity index (χ2n) is 7.17. The van der Waals surface area contributed by atoms with Crippen molar-refractivity contribution in [2.45, 2.75) is 26.6 Å². The fourth-order valence-corrected chi connectivity index (χ4v) is 3.35. The largest absolute Gasteiger partial charge is 0.473 e. The van der Waals surface area contributed by atoms with Crippen LogP contribution < -0.4 is 19.5 Å². The monoisotopic (exact) mass is 422 g/mol.